The molecule has 3 aromatic rings. The number of pyridine rings is 1. The third-order valence-electron chi connectivity index (χ3n) is 6.53. The van der Waals surface area contributed by atoms with Crippen molar-refractivity contribution in [2.75, 3.05) is 33.4 Å². The van der Waals surface area contributed by atoms with E-state index in [-0.39, 0.29) is 37.7 Å². The lowest BCUT2D eigenvalue weighted by atomic mass is 9.96. The Labute approximate surface area is 245 Å². The molecule has 4 rings (SSSR count). The molecule has 2 aromatic carbocycles. The number of nitrogens with zero attached hydrogens (tertiary/aromatic N) is 2. The number of hydrogen-bond acceptors (Lipinski definition) is 8. The first-order valence-corrected chi connectivity index (χ1v) is 13.9. The van der Waals surface area contributed by atoms with Gasteiger partial charge in [-0.3, -0.25) is 9.59 Å². The topological polar surface area (TPSA) is 146 Å². The number of aliphatic hydroxyl groups excluding tert-OH is 2. The molecule has 0 bridgehead atoms. The van der Waals surface area contributed by atoms with E-state index in [1.807, 2.05) is 0 Å². The van der Waals surface area contributed by atoms with E-state index in [1.165, 1.54) is 37.5 Å². The number of hydrogen-bond donors (Lipinski definition) is 3. The number of aliphatic carboxylic acids is 1. The van der Waals surface area contributed by atoms with Crippen LogP contribution < -0.4 is 9.47 Å². The van der Waals surface area contributed by atoms with Crippen molar-refractivity contribution in [3.05, 3.63) is 77.0 Å². The van der Waals surface area contributed by atoms with Crippen LogP contribution in [0.25, 0.3) is 11.1 Å². The Kier molecular flexibility index (Phi) is 12.0. The summed E-state index contributed by atoms with van der Waals surface area (Å²) >= 11 is 0. The highest BCUT2D eigenvalue weighted by atomic mass is 16.5. The van der Waals surface area contributed by atoms with Crippen molar-refractivity contribution in [3.63, 3.8) is 0 Å². The molecule has 42 heavy (non-hydrogen) atoms. The van der Waals surface area contributed by atoms with Crippen LogP contribution in [0.1, 0.15) is 58.0 Å². The van der Waals surface area contributed by atoms with Gasteiger partial charge in [0.15, 0.2) is 0 Å². The lowest BCUT2D eigenvalue weighted by Gasteiger charge is -2.22. The number of carboxylic acids is 1. The number of methoxy groups -OCH3 is 1. The van der Waals surface area contributed by atoms with Gasteiger partial charge in [0.05, 0.1) is 37.4 Å². The summed E-state index contributed by atoms with van der Waals surface area (Å²) in [6.45, 7) is 2.93. The van der Waals surface area contributed by atoms with Gasteiger partial charge in [0.25, 0.3) is 5.91 Å². The monoisotopic (exact) mass is 578 g/mol. The highest BCUT2D eigenvalue weighted by Gasteiger charge is 2.22. The number of amides is 1. The van der Waals surface area contributed by atoms with E-state index in [2.05, 4.69) is 4.98 Å². The highest BCUT2D eigenvalue weighted by molar-refractivity contribution is 6.01. The molecule has 10 nitrogen and oxygen atoms in total. The van der Waals surface area contributed by atoms with Crippen LogP contribution in [0.5, 0.6) is 11.6 Å². The average Bonchev–Trinajstić information content (AvgIpc) is 3.86. The lowest BCUT2D eigenvalue weighted by molar-refractivity contribution is -0.141. The van der Waals surface area contributed by atoms with Crippen molar-refractivity contribution in [1.82, 2.24) is 9.88 Å². The molecule has 1 aliphatic carbocycles. The quantitative estimate of drug-likeness (QED) is 0.213. The van der Waals surface area contributed by atoms with E-state index in [0.29, 0.717) is 34.4 Å². The fourth-order valence-corrected chi connectivity index (χ4v) is 4.08. The number of benzene rings is 2. The molecular weight excluding hydrogens is 540 g/mol. The normalized spacial score (nSPS) is 12.4. The van der Waals surface area contributed by atoms with Crippen molar-refractivity contribution in [3.8, 4) is 22.8 Å². The number of carbonyl (C=O) groups is 3. The maximum absolute atomic E-state index is 13.2. The van der Waals surface area contributed by atoms with Crippen molar-refractivity contribution in [1.29, 1.82) is 0 Å². The Hall–Kier alpha value is -4.28. The Morgan fingerprint density at radius 1 is 0.976 bits per heavy atom. The van der Waals surface area contributed by atoms with Crippen molar-refractivity contribution < 1.29 is 39.2 Å². The summed E-state index contributed by atoms with van der Waals surface area (Å²) in [6, 6.07) is 13.4. The van der Waals surface area contributed by atoms with Crippen molar-refractivity contribution >= 4 is 17.8 Å². The predicted molar refractivity (Wildman–Crippen MR) is 157 cm³/mol. The van der Waals surface area contributed by atoms with Gasteiger partial charge in [-0.25, -0.2) is 9.78 Å². The van der Waals surface area contributed by atoms with E-state index < -0.39 is 23.8 Å². The summed E-state index contributed by atoms with van der Waals surface area (Å²) < 4.78 is 10.8. The van der Waals surface area contributed by atoms with Crippen LogP contribution in [0.15, 0.2) is 54.7 Å². The molecule has 1 aromatic heterocycles. The van der Waals surface area contributed by atoms with E-state index >= 15 is 0 Å². The smallest absolute Gasteiger partial charge is 0.343 e. The summed E-state index contributed by atoms with van der Waals surface area (Å²) in [6.07, 6.45) is 6.19. The molecule has 1 atom stereocenters. The summed E-state index contributed by atoms with van der Waals surface area (Å²) in [7, 11) is 1.46. The molecule has 224 valence electrons. The number of aryl methyl sites for hydroxylation is 1. The standard InChI is InChI=1S/C29H32N2O8.C3H6/c1-18-14-21(24-16-26(38-3)30-17-25(24)27(34)31(9-11-32)10-12-33)7-8-23(18)29(37)39-22-6-4-5-20(15-22)13-19(2)28(35)36;1-2-3-1/h4-8,14-17,19,32-33H,9-13H2,1-3H3,(H,35,36);1-3H2. The van der Waals surface area contributed by atoms with E-state index in [0.717, 1.165) is 5.56 Å². The van der Waals surface area contributed by atoms with Gasteiger partial charge in [0.2, 0.25) is 5.88 Å². The lowest BCUT2D eigenvalue weighted by Crippen LogP contribution is -2.36. The van der Waals surface area contributed by atoms with Crippen molar-refractivity contribution in [2.24, 2.45) is 5.92 Å². The van der Waals surface area contributed by atoms with Gasteiger partial charge in [-0.15, -0.1) is 0 Å². The largest absolute Gasteiger partial charge is 0.481 e. The minimum Gasteiger partial charge on any atom is -0.481 e. The first-order chi connectivity index (χ1) is 20.2. The maximum Gasteiger partial charge on any atom is 0.343 e. The fourth-order valence-electron chi connectivity index (χ4n) is 4.08. The highest BCUT2D eigenvalue weighted by Crippen LogP contribution is 2.30. The van der Waals surface area contributed by atoms with Gasteiger partial charge < -0.3 is 29.7 Å². The third-order valence-corrected chi connectivity index (χ3v) is 6.53. The Bertz CT molecular complexity index is 1380. The Morgan fingerprint density at radius 3 is 2.24 bits per heavy atom. The molecule has 0 aliphatic heterocycles. The van der Waals surface area contributed by atoms with E-state index in [4.69, 9.17) is 14.6 Å². The van der Waals surface area contributed by atoms with Crippen LogP contribution in [0.2, 0.25) is 0 Å². The summed E-state index contributed by atoms with van der Waals surface area (Å²) in [4.78, 5) is 42.9. The molecular formula is C32H38N2O8. The van der Waals surface area contributed by atoms with Gasteiger partial charge in [-0.05, 0) is 48.2 Å². The van der Waals surface area contributed by atoms with Gasteiger partial charge in [0.1, 0.15) is 5.75 Å². The van der Waals surface area contributed by atoms with Gasteiger partial charge in [-0.2, -0.15) is 0 Å². The zero-order valence-electron chi connectivity index (χ0n) is 24.2. The zero-order valence-corrected chi connectivity index (χ0v) is 24.2. The zero-order chi connectivity index (χ0) is 30.6. The fraction of sp³-hybridized carbons (Fsp3) is 0.375. The number of aromatic nitrogens is 1. The van der Waals surface area contributed by atoms with Crippen LogP contribution >= 0.6 is 0 Å². The molecule has 10 heteroatoms. The predicted octanol–water partition coefficient (Wildman–Crippen LogP) is 4.15. The van der Waals surface area contributed by atoms with E-state index in [9.17, 15) is 24.6 Å². The SMILES string of the molecule is C1CC1.COc1cc(-c2ccc(C(=O)Oc3cccc(CC(C)C(=O)O)c3)c(C)c2)c(C(=O)N(CCO)CCO)cn1. The second kappa shape index (κ2) is 15.6. The number of aliphatic hydroxyl groups is 2. The third kappa shape index (κ3) is 9.12. The van der Waals surface area contributed by atoms with Crippen molar-refractivity contribution in [2.45, 2.75) is 39.5 Å². The molecule has 3 N–H and O–H groups in total. The van der Waals surface area contributed by atoms with E-state index in [1.54, 1.807) is 62.4 Å². The molecule has 1 fully saturated rings. The van der Waals surface area contributed by atoms with Gasteiger partial charge in [-0.1, -0.05) is 50.5 Å². The number of carboxylic acid groups (broad SMARTS) is 1. The minimum atomic E-state index is -0.903. The maximum atomic E-state index is 13.2. The molecule has 0 saturated heterocycles. The molecule has 1 saturated carbocycles. The van der Waals surface area contributed by atoms with Gasteiger partial charge >= 0.3 is 11.9 Å². The molecule has 1 amide bonds. The first kappa shape index (κ1) is 32.2. The Balaban J connectivity index is 0.00000151. The number of ether oxygens (including phenoxy) is 2. The molecule has 0 radical (unpaired) electrons. The average molecular weight is 579 g/mol. The van der Waals surface area contributed by atoms with Crippen LogP contribution in [0, 0.1) is 12.8 Å². The van der Waals surface area contributed by atoms with Crippen LogP contribution in [-0.4, -0.2) is 76.5 Å². The molecule has 1 aliphatic rings. The van der Waals surface area contributed by atoms with Crippen LogP contribution in [0.3, 0.4) is 0 Å². The van der Waals surface area contributed by atoms with Crippen LogP contribution in [-0.2, 0) is 11.2 Å². The number of esters is 1. The molecule has 0 spiro atoms. The summed E-state index contributed by atoms with van der Waals surface area (Å²) in [5, 5.41) is 27.9. The first-order valence-electron chi connectivity index (χ1n) is 13.9. The van der Waals surface area contributed by atoms with Gasteiger partial charge in [0, 0.05) is 30.9 Å². The number of carbonyl (C=O) groups excluding carboxylic acids is 2. The molecule has 1 unspecified atom stereocenters. The second-order valence-corrected chi connectivity index (χ2v) is 10.1. The molecule has 1 heterocycles. The Morgan fingerprint density at radius 2 is 1.67 bits per heavy atom. The summed E-state index contributed by atoms with van der Waals surface area (Å²) in [5.41, 5.74) is 3.05. The summed E-state index contributed by atoms with van der Waals surface area (Å²) in [5.74, 6) is -1.88. The number of rotatable bonds is 12. The second-order valence-electron chi connectivity index (χ2n) is 10.1. The minimum absolute atomic E-state index is 0.0467. The van der Waals surface area contributed by atoms with Crippen LogP contribution in [0.4, 0.5) is 0 Å².